The lowest BCUT2D eigenvalue weighted by molar-refractivity contribution is 0.251. The number of fused-ring (bicyclic) bond motifs is 1. The summed E-state index contributed by atoms with van der Waals surface area (Å²) in [5, 5.41) is 9.33. The van der Waals surface area contributed by atoms with Crippen LogP contribution < -0.4 is 10.6 Å². The average molecular weight is 285 g/mol. The maximum Gasteiger partial charge on any atom is 0.320 e. The predicted octanol–water partition coefficient (Wildman–Crippen LogP) is 3.22. The summed E-state index contributed by atoms with van der Waals surface area (Å²) >= 11 is 0. The maximum absolute atomic E-state index is 11.9. The van der Waals surface area contributed by atoms with Crippen molar-refractivity contribution in [1.82, 2.24) is 10.5 Å². The smallest absolute Gasteiger partial charge is 0.320 e. The first-order valence-electron chi connectivity index (χ1n) is 7.28. The maximum atomic E-state index is 11.9. The van der Waals surface area contributed by atoms with Crippen LogP contribution >= 0.6 is 0 Å². The Bertz CT molecular complexity index is 636. The first-order valence-corrected chi connectivity index (χ1v) is 7.28. The largest absolute Gasteiger partial charge is 0.360 e. The molecule has 1 aromatic carbocycles. The number of benzene rings is 1. The molecule has 3 rings (SSSR count). The number of aryl methyl sites for hydroxylation is 2. The molecule has 0 bridgehead atoms. The Hall–Kier alpha value is -2.30. The van der Waals surface area contributed by atoms with Crippen molar-refractivity contribution in [3.05, 3.63) is 47.2 Å². The molecule has 1 aromatic heterocycles. The molecule has 2 N–H and O–H groups in total. The second-order valence-electron chi connectivity index (χ2n) is 5.45. The van der Waals surface area contributed by atoms with E-state index >= 15 is 0 Å². The van der Waals surface area contributed by atoms with E-state index in [1.807, 2.05) is 0 Å². The minimum absolute atomic E-state index is 0.244. The molecule has 1 aliphatic carbocycles. The number of hydrogen-bond acceptors (Lipinski definition) is 3. The van der Waals surface area contributed by atoms with Gasteiger partial charge in [0, 0.05) is 18.5 Å². The van der Waals surface area contributed by atoms with E-state index in [1.54, 1.807) is 13.0 Å². The SMILES string of the molecule is Cc1cc(NC(=O)NCC2CCCc3ccccc32)no1. The van der Waals surface area contributed by atoms with Crippen molar-refractivity contribution in [3.8, 4) is 0 Å². The summed E-state index contributed by atoms with van der Waals surface area (Å²) in [6.45, 7) is 2.43. The van der Waals surface area contributed by atoms with Gasteiger partial charge in [-0.05, 0) is 37.3 Å². The number of carbonyl (C=O) groups excluding carboxylic acids is 1. The number of anilines is 1. The van der Waals surface area contributed by atoms with Crippen LogP contribution in [-0.2, 0) is 6.42 Å². The van der Waals surface area contributed by atoms with Crippen LogP contribution in [0.5, 0.6) is 0 Å². The van der Waals surface area contributed by atoms with Gasteiger partial charge in [-0.1, -0.05) is 29.4 Å². The number of amides is 2. The standard InChI is InChI=1S/C16H19N3O2/c1-11-9-15(19-21-11)18-16(20)17-10-13-7-4-6-12-5-2-3-8-14(12)13/h2-3,5,8-9,13H,4,6-7,10H2,1H3,(H2,17,18,19,20). The topological polar surface area (TPSA) is 67.2 Å². The second-order valence-corrected chi connectivity index (χ2v) is 5.45. The Morgan fingerprint density at radius 3 is 3.10 bits per heavy atom. The summed E-state index contributed by atoms with van der Waals surface area (Å²) in [7, 11) is 0. The molecule has 5 nitrogen and oxygen atoms in total. The van der Waals surface area contributed by atoms with E-state index in [0.717, 1.165) is 12.8 Å². The van der Waals surface area contributed by atoms with E-state index in [2.05, 4.69) is 40.1 Å². The highest BCUT2D eigenvalue weighted by molar-refractivity contribution is 5.88. The molecule has 0 aliphatic heterocycles. The number of urea groups is 1. The van der Waals surface area contributed by atoms with Crippen LogP contribution in [0.1, 0.15) is 35.6 Å². The Labute approximate surface area is 123 Å². The lowest BCUT2D eigenvalue weighted by Crippen LogP contribution is -2.33. The predicted molar refractivity (Wildman–Crippen MR) is 80.4 cm³/mol. The van der Waals surface area contributed by atoms with Crippen molar-refractivity contribution in [2.24, 2.45) is 0 Å². The summed E-state index contributed by atoms with van der Waals surface area (Å²) in [6, 6.07) is 9.94. The van der Waals surface area contributed by atoms with Gasteiger partial charge < -0.3 is 9.84 Å². The van der Waals surface area contributed by atoms with Crippen molar-refractivity contribution in [2.45, 2.75) is 32.1 Å². The number of nitrogens with zero attached hydrogens (tertiary/aromatic N) is 1. The zero-order chi connectivity index (χ0) is 14.7. The Morgan fingerprint density at radius 2 is 2.29 bits per heavy atom. The lowest BCUT2D eigenvalue weighted by Gasteiger charge is -2.25. The number of carbonyl (C=O) groups is 1. The first-order chi connectivity index (χ1) is 10.2. The monoisotopic (exact) mass is 285 g/mol. The van der Waals surface area contributed by atoms with Gasteiger partial charge in [0.25, 0.3) is 0 Å². The molecular weight excluding hydrogens is 266 g/mol. The molecule has 21 heavy (non-hydrogen) atoms. The number of aromatic nitrogens is 1. The molecule has 1 atom stereocenters. The molecular formula is C16H19N3O2. The van der Waals surface area contributed by atoms with Crippen molar-refractivity contribution >= 4 is 11.8 Å². The molecule has 5 heteroatoms. The zero-order valence-electron chi connectivity index (χ0n) is 12.1. The molecule has 0 radical (unpaired) electrons. The Kier molecular flexibility index (Phi) is 3.90. The van der Waals surface area contributed by atoms with E-state index in [1.165, 1.54) is 17.5 Å². The van der Waals surface area contributed by atoms with E-state index in [-0.39, 0.29) is 6.03 Å². The van der Waals surface area contributed by atoms with Gasteiger partial charge in [-0.25, -0.2) is 4.79 Å². The lowest BCUT2D eigenvalue weighted by atomic mass is 9.83. The van der Waals surface area contributed by atoms with Crippen LogP contribution in [0.4, 0.5) is 10.6 Å². The van der Waals surface area contributed by atoms with Gasteiger partial charge in [-0.15, -0.1) is 0 Å². The molecule has 1 aliphatic rings. The van der Waals surface area contributed by atoms with Gasteiger partial charge in [0.05, 0.1) is 0 Å². The fraction of sp³-hybridized carbons (Fsp3) is 0.375. The van der Waals surface area contributed by atoms with Crippen LogP contribution in [0.15, 0.2) is 34.9 Å². The van der Waals surface area contributed by atoms with Crippen molar-refractivity contribution in [3.63, 3.8) is 0 Å². The van der Waals surface area contributed by atoms with Gasteiger partial charge in [0.2, 0.25) is 0 Å². The van der Waals surface area contributed by atoms with Gasteiger partial charge in [-0.3, -0.25) is 5.32 Å². The summed E-state index contributed by atoms with van der Waals surface area (Å²) in [5.74, 6) is 1.50. The quantitative estimate of drug-likeness (QED) is 0.909. The van der Waals surface area contributed by atoms with E-state index < -0.39 is 0 Å². The number of hydrogen-bond donors (Lipinski definition) is 2. The fourth-order valence-electron chi connectivity index (χ4n) is 2.87. The highest BCUT2D eigenvalue weighted by Gasteiger charge is 2.20. The summed E-state index contributed by atoms with van der Waals surface area (Å²) in [4.78, 5) is 11.9. The second kappa shape index (κ2) is 5.99. The van der Waals surface area contributed by atoms with Crippen molar-refractivity contribution in [2.75, 3.05) is 11.9 Å². The van der Waals surface area contributed by atoms with Crippen LogP contribution in [0.3, 0.4) is 0 Å². The highest BCUT2D eigenvalue weighted by atomic mass is 16.5. The first kappa shape index (κ1) is 13.7. The third-order valence-electron chi connectivity index (χ3n) is 3.87. The minimum Gasteiger partial charge on any atom is -0.360 e. The van der Waals surface area contributed by atoms with Gasteiger partial charge in [0.1, 0.15) is 5.76 Å². The van der Waals surface area contributed by atoms with Crippen molar-refractivity contribution in [1.29, 1.82) is 0 Å². The van der Waals surface area contributed by atoms with Crippen LogP contribution in [0, 0.1) is 6.92 Å². The zero-order valence-corrected chi connectivity index (χ0v) is 12.1. The molecule has 1 heterocycles. The van der Waals surface area contributed by atoms with Gasteiger partial charge in [-0.2, -0.15) is 0 Å². The molecule has 0 saturated carbocycles. The fourth-order valence-corrected chi connectivity index (χ4v) is 2.87. The third kappa shape index (κ3) is 3.24. The number of nitrogens with one attached hydrogen (secondary N) is 2. The molecule has 0 saturated heterocycles. The summed E-state index contributed by atoms with van der Waals surface area (Å²) < 4.78 is 4.91. The minimum atomic E-state index is -0.244. The van der Waals surface area contributed by atoms with E-state index in [9.17, 15) is 4.79 Å². The van der Waals surface area contributed by atoms with Crippen LogP contribution in [0.25, 0.3) is 0 Å². The van der Waals surface area contributed by atoms with E-state index in [0.29, 0.717) is 24.0 Å². The molecule has 1 unspecified atom stereocenters. The summed E-state index contributed by atoms with van der Waals surface area (Å²) in [5.41, 5.74) is 2.77. The van der Waals surface area contributed by atoms with Crippen LogP contribution in [-0.4, -0.2) is 17.7 Å². The van der Waals surface area contributed by atoms with Crippen LogP contribution in [0.2, 0.25) is 0 Å². The van der Waals surface area contributed by atoms with E-state index in [4.69, 9.17) is 4.52 Å². The molecule has 2 amide bonds. The molecule has 0 spiro atoms. The average Bonchev–Trinajstić information content (AvgIpc) is 2.90. The third-order valence-corrected chi connectivity index (χ3v) is 3.87. The highest BCUT2D eigenvalue weighted by Crippen LogP contribution is 2.30. The normalized spacial score (nSPS) is 17.1. The Balaban J connectivity index is 1.57. The molecule has 0 fully saturated rings. The Morgan fingerprint density at radius 1 is 1.43 bits per heavy atom. The summed E-state index contributed by atoms with van der Waals surface area (Å²) in [6.07, 6.45) is 3.42. The van der Waals surface area contributed by atoms with Gasteiger partial charge >= 0.3 is 6.03 Å². The molecule has 2 aromatic rings. The van der Waals surface area contributed by atoms with Crippen molar-refractivity contribution < 1.29 is 9.32 Å². The molecule has 110 valence electrons. The van der Waals surface area contributed by atoms with Gasteiger partial charge in [0.15, 0.2) is 5.82 Å². The number of rotatable bonds is 3.